The Morgan fingerprint density at radius 3 is 2.91 bits per heavy atom. The van der Waals surface area contributed by atoms with Crippen molar-refractivity contribution in [2.45, 2.75) is 18.9 Å². The Morgan fingerprint density at radius 1 is 1.35 bits per heavy atom. The van der Waals surface area contributed by atoms with E-state index in [1.807, 2.05) is 12.1 Å². The molecule has 1 unspecified atom stereocenters. The third-order valence-corrected chi connectivity index (χ3v) is 4.70. The molecular weight excluding hydrogens is 361 g/mol. The van der Waals surface area contributed by atoms with Crippen molar-refractivity contribution in [3.05, 3.63) is 63.9 Å². The molecule has 23 heavy (non-hydrogen) atoms. The van der Waals surface area contributed by atoms with Crippen LogP contribution in [0.2, 0.25) is 0 Å². The number of hydrogen-bond donors (Lipinski definition) is 0. The second-order valence-corrected chi connectivity index (χ2v) is 6.54. The first-order chi connectivity index (χ1) is 11.1. The quantitative estimate of drug-likeness (QED) is 0.802. The van der Waals surface area contributed by atoms with E-state index in [4.69, 9.17) is 4.74 Å². The van der Waals surface area contributed by atoms with Gasteiger partial charge in [0.1, 0.15) is 0 Å². The van der Waals surface area contributed by atoms with E-state index in [1.54, 1.807) is 18.0 Å². The van der Waals surface area contributed by atoms with Gasteiger partial charge in [0, 0.05) is 11.5 Å². The Labute approximate surface area is 143 Å². The molecule has 0 aliphatic heterocycles. The monoisotopic (exact) mass is 377 g/mol. The fourth-order valence-corrected chi connectivity index (χ4v) is 3.28. The molecule has 1 amide bonds. The molecule has 0 radical (unpaired) electrons. The van der Waals surface area contributed by atoms with Crippen molar-refractivity contribution < 1.29 is 13.9 Å². The van der Waals surface area contributed by atoms with Crippen LogP contribution in [0.15, 0.2) is 46.9 Å². The zero-order chi connectivity index (χ0) is 16.4. The predicted octanol–water partition coefficient (Wildman–Crippen LogP) is 4.11. The van der Waals surface area contributed by atoms with Gasteiger partial charge in [-0.3, -0.25) is 4.79 Å². The zero-order valence-corrected chi connectivity index (χ0v) is 14.3. The lowest BCUT2D eigenvalue weighted by molar-refractivity contribution is -0.134. The third kappa shape index (κ3) is 3.39. The number of rotatable bonds is 4. The largest absolute Gasteiger partial charge is 0.481 e. The number of hydrogen-bond acceptors (Lipinski definition) is 2. The highest BCUT2D eigenvalue weighted by molar-refractivity contribution is 9.10. The number of carbonyl (C=O) groups is 1. The van der Waals surface area contributed by atoms with E-state index in [9.17, 15) is 9.18 Å². The molecule has 1 atom stereocenters. The minimum absolute atomic E-state index is 0.0667. The highest BCUT2D eigenvalue weighted by Crippen LogP contribution is 2.34. The Morgan fingerprint density at radius 2 is 2.13 bits per heavy atom. The van der Waals surface area contributed by atoms with Gasteiger partial charge in [0.2, 0.25) is 0 Å². The standard InChI is InChI=1S/C18H17BrFNO2/c1-21(16-8-6-12-4-2-3-5-14(12)16)18(22)11-23-17-9-7-13(19)10-15(17)20/h2-5,7,9-10,16H,6,8,11H2,1H3. The van der Waals surface area contributed by atoms with E-state index in [1.165, 1.54) is 23.3 Å². The second kappa shape index (κ2) is 6.71. The third-order valence-electron chi connectivity index (χ3n) is 4.21. The van der Waals surface area contributed by atoms with Crippen LogP contribution in [0.3, 0.4) is 0 Å². The fourth-order valence-electron chi connectivity index (χ4n) is 2.94. The summed E-state index contributed by atoms with van der Waals surface area (Å²) in [4.78, 5) is 14.1. The van der Waals surface area contributed by atoms with Gasteiger partial charge in [-0.1, -0.05) is 40.2 Å². The Kier molecular flexibility index (Phi) is 4.66. The summed E-state index contributed by atoms with van der Waals surface area (Å²) < 4.78 is 19.7. The smallest absolute Gasteiger partial charge is 0.260 e. The molecule has 0 saturated heterocycles. The van der Waals surface area contributed by atoms with Gasteiger partial charge in [-0.2, -0.15) is 0 Å². The molecule has 0 heterocycles. The van der Waals surface area contributed by atoms with Crippen LogP contribution < -0.4 is 4.74 Å². The van der Waals surface area contributed by atoms with Crippen LogP contribution in [-0.2, 0) is 11.2 Å². The van der Waals surface area contributed by atoms with E-state index in [-0.39, 0.29) is 24.3 Å². The lowest BCUT2D eigenvalue weighted by Gasteiger charge is -2.25. The van der Waals surface area contributed by atoms with Gasteiger partial charge in [0.15, 0.2) is 18.2 Å². The Hall–Kier alpha value is -1.88. The normalized spacial score (nSPS) is 16.0. The molecule has 0 fully saturated rings. The summed E-state index contributed by atoms with van der Waals surface area (Å²) in [5.74, 6) is -0.558. The van der Waals surface area contributed by atoms with Crippen molar-refractivity contribution >= 4 is 21.8 Å². The summed E-state index contributed by atoms with van der Waals surface area (Å²) in [6.45, 7) is -0.173. The number of benzene rings is 2. The van der Waals surface area contributed by atoms with Gasteiger partial charge in [-0.25, -0.2) is 4.39 Å². The van der Waals surface area contributed by atoms with Gasteiger partial charge in [0.05, 0.1) is 6.04 Å². The minimum atomic E-state index is -0.485. The molecule has 3 nitrogen and oxygen atoms in total. The first-order valence-electron chi connectivity index (χ1n) is 7.47. The molecule has 3 rings (SSSR count). The van der Waals surface area contributed by atoms with Crippen LogP contribution in [0.1, 0.15) is 23.6 Å². The molecule has 1 aliphatic carbocycles. The van der Waals surface area contributed by atoms with Crippen LogP contribution in [0.5, 0.6) is 5.75 Å². The summed E-state index contributed by atoms with van der Waals surface area (Å²) in [6, 6.07) is 12.7. The predicted molar refractivity (Wildman–Crippen MR) is 89.9 cm³/mol. The topological polar surface area (TPSA) is 29.5 Å². The van der Waals surface area contributed by atoms with Crippen LogP contribution in [0.4, 0.5) is 4.39 Å². The Bertz CT molecular complexity index is 735. The fraction of sp³-hybridized carbons (Fsp3) is 0.278. The summed E-state index contributed by atoms with van der Waals surface area (Å²) in [5.41, 5.74) is 2.48. The van der Waals surface area contributed by atoms with Gasteiger partial charge < -0.3 is 9.64 Å². The molecule has 0 N–H and O–H groups in total. The van der Waals surface area contributed by atoms with Crippen molar-refractivity contribution in [1.29, 1.82) is 0 Å². The average molecular weight is 378 g/mol. The number of amides is 1. The van der Waals surface area contributed by atoms with Gasteiger partial charge >= 0.3 is 0 Å². The molecule has 0 bridgehead atoms. The van der Waals surface area contributed by atoms with Crippen molar-refractivity contribution in [2.75, 3.05) is 13.7 Å². The lowest BCUT2D eigenvalue weighted by Crippen LogP contribution is -2.34. The van der Waals surface area contributed by atoms with Crippen molar-refractivity contribution in [3.8, 4) is 5.75 Å². The van der Waals surface area contributed by atoms with E-state index < -0.39 is 5.82 Å². The highest BCUT2D eigenvalue weighted by atomic mass is 79.9. The SMILES string of the molecule is CN(C(=O)COc1ccc(Br)cc1F)C1CCc2ccccc21. The molecule has 2 aromatic rings. The lowest BCUT2D eigenvalue weighted by atomic mass is 10.1. The summed E-state index contributed by atoms with van der Waals surface area (Å²) in [7, 11) is 1.77. The molecule has 120 valence electrons. The average Bonchev–Trinajstić information content (AvgIpc) is 2.97. The molecule has 0 aromatic heterocycles. The number of ether oxygens (including phenoxy) is 1. The van der Waals surface area contributed by atoms with E-state index in [0.29, 0.717) is 4.47 Å². The maximum absolute atomic E-state index is 13.7. The van der Waals surface area contributed by atoms with Crippen LogP contribution in [0, 0.1) is 5.82 Å². The summed E-state index contributed by atoms with van der Waals surface area (Å²) >= 11 is 3.19. The first-order valence-corrected chi connectivity index (χ1v) is 8.27. The summed E-state index contributed by atoms with van der Waals surface area (Å²) in [5, 5.41) is 0. The van der Waals surface area contributed by atoms with E-state index >= 15 is 0 Å². The van der Waals surface area contributed by atoms with E-state index in [0.717, 1.165) is 12.8 Å². The number of carbonyl (C=O) groups excluding carboxylic acids is 1. The minimum Gasteiger partial charge on any atom is -0.481 e. The van der Waals surface area contributed by atoms with Crippen LogP contribution >= 0.6 is 15.9 Å². The number of halogens is 2. The molecule has 5 heteroatoms. The van der Waals surface area contributed by atoms with Gasteiger partial charge in [-0.05, 0) is 42.2 Å². The number of aryl methyl sites for hydroxylation is 1. The second-order valence-electron chi connectivity index (χ2n) is 5.62. The van der Waals surface area contributed by atoms with Crippen molar-refractivity contribution in [1.82, 2.24) is 4.90 Å². The summed E-state index contributed by atoms with van der Waals surface area (Å²) in [6.07, 6.45) is 1.88. The number of likely N-dealkylation sites (N-methyl/N-ethyl adjacent to an activating group) is 1. The molecular formula is C18H17BrFNO2. The zero-order valence-electron chi connectivity index (χ0n) is 12.8. The van der Waals surface area contributed by atoms with Crippen LogP contribution in [-0.4, -0.2) is 24.5 Å². The maximum Gasteiger partial charge on any atom is 0.260 e. The molecule has 2 aromatic carbocycles. The highest BCUT2D eigenvalue weighted by Gasteiger charge is 2.28. The number of nitrogens with zero attached hydrogens (tertiary/aromatic N) is 1. The molecule has 0 spiro atoms. The first kappa shape index (κ1) is 16.0. The number of fused-ring (bicyclic) bond motifs is 1. The molecule has 0 saturated carbocycles. The van der Waals surface area contributed by atoms with Crippen LogP contribution in [0.25, 0.3) is 0 Å². The maximum atomic E-state index is 13.7. The van der Waals surface area contributed by atoms with Crippen molar-refractivity contribution in [2.24, 2.45) is 0 Å². The Balaban J connectivity index is 1.65. The van der Waals surface area contributed by atoms with E-state index in [2.05, 4.69) is 28.1 Å². The molecule has 1 aliphatic rings. The van der Waals surface area contributed by atoms with Crippen molar-refractivity contribution in [3.63, 3.8) is 0 Å². The van der Waals surface area contributed by atoms with Gasteiger partial charge in [0.25, 0.3) is 5.91 Å². The van der Waals surface area contributed by atoms with Gasteiger partial charge in [-0.15, -0.1) is 0 Å².